The summed E-state index contributed by atoms with van der Waals surface area (Å²) in [4.78, 5) is 0. The zero-order chi connectivity index (χ0) is 9.14. The van der Waals surface area contributed by atoms with Gasteiger partial charge in [-0.15, -0.1) is 0 Å². The van der Waals surface area contributed by atoms with Gasteiger partial charge in [0.2, 0.25) is 0 Å². The number of hydrogen-bond donors (Lipinski definition) is 1. The molecule has 0 unspecified atom stereocenters. The largest absolute Gasteiger partial charge is 0.388 e. The second-order valence-corrected chi connectivity index (χ2v) is 3.58. The summed E-state index contributed by atoms with van der Waals surface area (Å²) in [5.41, 5.74) is 3.34. The molecule has 0 fully saturated rings. The van der Waals surface area contributed by atoms with Crippen molar-refractivity contribution in [2.45, 2.75) is 6.92 Å². The molecule has 0 saturated carbocycles. The molecule has 12 heavy (non-hydrogen) atoms. The normalized spacial score (nSPS) is 9.58. The summed E-state index contributed by atoms with van der Waals surface area (Å²) in [6.07, 6.45) is 0. The molecule has 0 heterocycles. The van der Waals surface area contributed by atoms with Gasteiger partial charge in [0.25, 0.3) is 0 Å². The molecule has 64 valence electrons. The minimum atomic E-state index is 1.07. The molecule has 1 nitrogen and oxygen atoms in total. The van der Waals surface area contributed by atoms with Crippen LogP contribution < -0.4 is 5.32 Å². The van der Waals surface area contributed by atoms with Gasteiger partial charge in [-0.3, -0.25) is 0 Å². The quantitative estimate of drug-likeness (QED) is 0.813. The van der Waals surface area contributed by atoms with E-state index >= 15 is 0 Å². The van der Waals surface area contributed by atoms with Gasteiger partial charge in [-0.25, -0.2) is 0 Å². The predicted octanol–water partition coefficient (Wildman–Crippen LogP) is 3.52. The topological polar surface area (TPSA) is 12.0 Å². The SMILES string of the molecule is C=C(C)c1ccc(NC)cc1Br. The molecule has 0 radical (unpaired) electrons. The van der Waals surface area contributed by atoms with Crippen molar-refractivity contribution in [1.29, 1.82) is 0 Å². The Labute approximate surface area is 81.6 Å². The van der Waals surface area contributed by atoms with Gasteiger partial charge in [0, 0.05) is 17.2 Å². The fraction of sp³-hybridized carbons (Fsp3) is 0.200. The maximum atomic E-state index is 3.89. The Bertz CT molecular complexity index is 305. The van der Waals surface area contributed by atoms with E-state index in [1.54, 1.807) is 0 Å². The Balaban J connectivity index is 3.12. The highest BCUT2D eigenvalue weighted by Crippen LogP contribution is 2.25. The molecule has 1 rings (SSSR count). The first kappa shape index (κ1) is 9.33. The zero-order valence-electron chi connectivity index (χ0n) is 7.32. The standard InChI is InChI=1S/C10H12BrN/c1-7(2)9-5-4-8(12-3)6-10(9)11/h4-6,12H,1H2,2-3H3. The molecule has 0 aliphatic heterocycles. The van der Waals surface area contributed by atoms with Crippen LogP contribution in [-0.4, -0.2) is 7.05 Å². The van der Waals surface area contributed by atoms with Crippen LogP contribution in [0.2, 0.25) is 0 Å². The van der Waals surface area contributed by atoms with Crippen molar-refractivity contribution in [3.63, 3.8) is 0 Å². The van der Waals surface area contributed by atoms with Crippen molar-refractivity contribution < 1.29 is 0 Å². The number of allylic oxidation sites excluding steroid dienone is 1. The number of halogens is 1. The van der Waals surface area contributed by atoms with E-state index in [9.17, 15) is 0 Å². The van der Waals surface area contributed by atoms with Gasteiger partial charge in [-0.2, -0.15) is 0 Å². The van der Waals surface area contributed by atoms with E-state index in [1.807, 2.05) is 26.1 Å². The number of benzene rings is 1. The molecule has 1 N–H and O–H groups in total. The summed E-state index contributed by atoms with van der Waals surface area (Å²) in [6, 6.07) is 6.14. The average Bonchev–Trinajstić information content (AvgIpc) is 2.03. The van der Waals surface area contributed by atoms with Crippen LogP contribution in [0.1, 0.15) is 12.5 Å². The smallest absolute Gasteiger partial charge is 0.0349 e. The van der Waals surface area contributed by atoms with E-state index < -0.39 is 0 Å². The van der Waals surface area contributed by atoms with Gasteiger partial charge in [0.1, 0.15) is 0 Å². The van der Waals surface area contributed by atoms with Crippen molar-refractivity contribution in [3.8, 4) is 0 Å². The van der Waals surface area contributed by atoms with Gasteiger partial charge < -0.3 is 5.32 Å². The molecule has 0 spiro atoms. The minimum absolute atomic E-state index is 1.07. The molecule has 0 atom stereocenters. The third-order valence-electron chi connectivity index (χ3n) is 1.72. The van der Waals surface area contributed by atoms with Gasteiger partial charge in [-0.1, -0.05) is 28.6 Å². The van der Waals surface area contributed by atoms with Crippen molar-refractivity contribution >= 4 is 27.2 Å². The molecule has 0 bridgehead atoms. The van der Waals surface area contributed by atoms with Crippen LogP contribution in [0, 0.1) is 0 Å². The van der Waals surface area contributed by atoms with E-state index in [4.69, 9.17) is 0 Å². The van der Waals surface area contributed by atoms with Crippen LogP contribution >= 0.6 is 15.9 Å². The van der Waals surface area contributed by atoms with Crippen LogP contribution in [0.4, 0.5) is 5.69 Å². The van der Waals surface area contributed by atoms with Gasteiger partial charge in [0.05, 0.1) is 0 Å². The number of hydrogen-bond acceptors (Lipinski definition) is 1. The fourth-order valence-corrected chi connectivity index (χ4v) is 1.73. The van der Waals surface area contributed by atoms with Gasteiger partial charge in [-0.05, 0) is 30.2 Å². The highest BCUT2D eigenvalue weighted by molar-refractivity contribution is 9.10. The maximum Gasteiger partial charge on any atom is 0.0349 e. The Hall–Kier alpha value is -0.760. The second kappa shape index (κ2) is 3.76. The molecule has 1 aromatic carbocycles. The van der Waals surface area contributed by atoms with Crippen molar-refractivity contribution in [2.24, 2.45) is 0 Å². The molecular formula is C10H12BrN. The highest BCUT2D eigenvalue weighted by atomic mass is 79.9. The van der Waals surface area contributed by atoms with Crippen molar-refractivity contribution in [1.82, 2.24) is 0 Å². The monoisotopic (exact) mass is 225 g/mol. The minimum Gasteiger partial charge on any atom is -0.388 e. The number of nitrogens with one attached hydrogen (secondary N) is 1. The van der Waals surface area contributed by atoms with E-state index in [-0.39, 0.29) is 0 Å². The van der Waals surface area contributed by atoms with Crippen LogP contribution in [0.25, 0.3) is 5.57 Å². The molecule has 0 aliphatic rings. The van der Waals surface area contributed by atoms with E-state index in [2.05, 4.69) is 33.9 Å². The Kier molecular flexibility index (Phi) is 2.93. The summed E-state index contributed by atoms with van der Waals surface area (Å²) in [6.45, 7) is 5.89. The van der Waals surface area contributed by atoms with E-state index in [1.165, 1.54) is 0 Å². The van der Waals surface area contributed by atoms with Crippen LogP contribution in [-0.2, 0) is 0 Å². The molecule has 0 saturated heterocycles. The first-order chi connectivity index (χ1) is 5.65. The molecule has 2 heteroatoms. The highest BCUT2D eigenvalue weighted by Gasteiger charge is 2.00. The molecule has 0 aromatic heterocycles. The molecule has 0 aliphatic carbocycles. The molecule has 1 aromatic rings. The Morgan fingerprint density at radius 3 is 2.58 bits per heavy atom. The van der Waals surface area contributed by atoms with Crippen LogP contribution in [0.5, 0.6) is 0 Å². The lowest BCUT2D eigenvalue weighted by molar-refractivity contribution is 1.47. The predicted molar refractivity (Wildman–Crippen MR) is 58.4 cm³/mol. The van der Waals surface area contributed by atoms with Crippen LogP contribution in [0.15, 0.2) is 29.3 Å². The number of rotatable bonds is 2. The number of anilines is 1. The lowest BCUT2D eigenvalue weighted by atomic mass is 10.1. The fourth-order valence-electron chi connectivity index (χ4n) is 1.02. The van der Waals surface area contributed by atoms with Crippen molar-refractivity contribution in [3.05, 3.63) is 34.8 Å². The van der Waals surface area contributed by atoms with E-state index in [0.29, 0.717) is 0 Å². The average molecular weight is 226 g/mol. The lowest BCUT2D eigenvalue weighted by Crippen LogP contribution is -1.89. The summed E-state index contributed by atoms with van der Waals surface area (Å²) < 4.78 is 1.09. The van der Waals surface area contributed by atoms with E-state index in [0.717, 1.165) is 21.3 Å². The first-order valence-electron chi connectivity index (χ1n) is 3.78. The van der Waals surface area contributed by atoms with Gasteiger partial charge in [0.15, 0.2) is 0 Å². The summed E-state index contributed by atoms with van der Waals surface area (Å²) in [5, 5.41) is 3.07. The van der Waals surface area contributed by atoms with Crippen LogP contribution in [0.3, 0.4) is 0 Å². The lowest BCUT2D eigenvalue weighted by Gasteiger charge is -2.05. The van der Waals surface area contributed by atoms with Gasteiger partial charge >= 0.3 is 0 Å². The molecule has 0 amide bonds. The second-order valence-electron chi connectivity index (χ2n) is 2.72. The third kappa shape index (κ3) is 1.89. The molecular weight excluding hydrogens is 214 g/mol. The third-order valence-corrected chi connectivity index (χ3v) is 2.37. The van der Waals surface area contributed by atoms with Crippen molar-refractivity contribution in [2.75, 3.05) is 12.4 Å². The zero-order valence-corrected chi connectivity index (χ0v) is 8.90. The first-order valence-corrected chi connectivity index (χ1v) is 4.57. The maximum absolute atomic E-state index is 3.89. The Morgan fingerprint density at radius 2 is 2.17 bits per heavy atom. The summed E-state index contributed by atoms with van der Waals surface area (Å²) in [5.74, 6) is 0. The summed E-state index contributed by atoms with van der Waals surface area (Å²) >= 11 is 3.49. The summed E-state index contributed by atoms with van der Waals surface area (Å²) in [7, 11) is 1.90. The Morgan fingerprint density at radius 1 is 1.50 bits per heavy atom.